The molecule has 0 unspecified atom stereocenters. The first kappa shape index (κ1) is 21.1. The molecule has 0 bridgehead atoms. The molecule has 1 aliphatic rings. The summed E-state index contributed by atoms with van der Waals surface area (Å²) in [7, 11) is -4.08. The molecule has 10 heteroatoms. The van der Waals surface area contributed by atoms with Crippen molar-refractivity contribution < 1.29 is 30.8 Å². The highest BCUT2D eigenvalue weighted by Gasteiger charge is 2.34. The zero-order valence-electron chi connectivity index (χ0n) is 15.5. The molecule has 0 saturated carbocycles. The normalized spacial score (nSPS) is 16.5. The molecule has 0 radical (unpaired) electrons. The topological polar surface area (TPSA) is 70.8 Å². The Balaban J connectivity index is 1.65. The lowest BCUT2D eigenvalue weighted by atomic mass is 10.2. The van der Waals surface area contributed by atoms with Gasteiger partial charge in [0.2, 0.25) is 15.9 Å². The van der Waals surface area contributed by atoms with Gasteiger partial charge in [0.15, 0.2) is 0 Å². The van der Waals surface area contributed by atoms with E-state index in [0.717, 1.165) is 22.5 Å². The first-order valence-corrected chi connectivity index (χ1v) is 10.2. The van der Waals surface area contributed by atoms with Crippen molar-refractivity contribution in [2.24, 2.45) is 0 Å². The Morgan fingerprint density at radius 1 is 1.10 bits per heavy atom. The van der Waals surface area contributed by atoms with Crippen molar-refractivity contribution in [3.8, 4) is 0 Å². The second-order valence-electron chi connectivity index (χ2n) is 6.54. The van der Waals surface area contributed by atoms with E-state index in [1.54, 1.807) is 19.1 Å². The van der Waals surface area contributed by atoms with Gasteiger partial charge in [-0.25, -0.2) is 8.42 Å². The van der Waals surface area contributed by atoms with Crippen LogP contribution in [0.3, 0.4) is 0 Å². The Morgan fingerprint density at radius 2 is 1.79 bits per heavy atom. The number of hydrogen-bond donors (Lipinski definition) is 0. The van der Waals surface area contributed by atoms with Crippen LogP contribution in [0.5, 0.6) is 0 Å². The van der Waals surface area contributed by atoms with Crippen LogP contribution < -0.4 is 0 Å². The third kappa shape index (κ3) is 4.88. The predicted octanol–water partition coefficient (Wildman–Crippen LogP) is 3.15. The molecule has 29 heavy (non-hydrogen) atoms. The van der Waals surface area contributed by atoms with Crippen LogP contribution >= 0.6 is 0 Å². The number of benzene rings is 1. The van der Waals surface area contributed by atoms with Gasteiger partial charge >= 0.3 is 6.18 Å². The minimum Gasteiger partial charge on any atom is -0.462 e. The lowest BCUT2D eigenvalue weighted by Gasteiger charge is -2.33. The van der Waals surface area contributed by atoms with Crippen molar-refractivity contribution in [2.45, 2.75) is 18.0 Å². The minimum absolute atomic E-state index is 0.00197. The summed E-state index contributed by atoms with van der Waals surface area (Å²) in [6.45, 7) is 2.05. The number of nitrogens with zero attached hydrogens (tertiary/aromatic N) is 2. The molecule has 1 aromatic carbocycles. The summed E-state index contributed by atoms with van der Waals surface area (Å²) in [5.74, 6) is 0.947. The SMILES string of the molecule is Cc1ccc(/C=C/C(=O)N2CCN(S(=O)(=O)c3cccc(C(F)(F)F)c3)CC2)o1. The maximum atomic E-state index is 12.9. The molecular formula is C19H19F3N2O4S. The average molecular weight is 428 g/mol. The van der Waals surface area contributed by atoms with Crippen molar-refractivity contribution in [2.75, 3.05) is 26.2 Å². The fourth-order valence-corrected chi connectivity index (χ4v) is 4.40. The summed E-state index contributed by atoms with van der Waals surface area (Å²) in [5.41, 5.74) is -1.02. The van der Waals surface area contributed by atoms with Gasteiger partial charge in [-0.2, -0.15) is 17.5 Å². The minimum atomic E-state index is -4.63. The first-order chi connectivity index (χ1) is 13.6. The number of amides is 1. The Bertz CT molecular complexity index is 1020. The highest BCUT2D eigenvalue weighted by atomic mass is 32.2. The van der Waals surface area contributed by atoms with Crippen molar-refractivity contribution in [3.05, 3.63) is 59.6 Å². The van der Waals surface area contributed by atoms with Gasteiger partial charge in [-0.05, 0) is 43.3 Å². The second kappa shape index (κ2) is 8.03. The first-order valence-electron chi connectivity index (χ1n) is 8.78. The standard InChI is InChI=1S/C19H19F3N2O4S/c1-14-5-6-16(28-14)7-8-18(25)23-9-11-24(12-10-23)29(26,27)17-4-2-3-15(13-17)19(20,21)22/h2-8,13H,9-12H2,1H3/b8-7+. The summed E-state index contributed by atoms with van der Waals surface area (Å²) in [5, 5.41) is 0. The molecule has 1 saturated heterocycles. The largest absolute Gasteiger partial charge is 0.462 e. The number of carbonyl (C=O) groups excluding carboxylic acids is 1. The maximum Gasteiger partial charge on any atom is 0.416 e. The molecule has 1 amide bonds. The maximum absolute atomic E-state index is 12.9. The molecule has 2 aromatic rings. The van der Waals surface area contributed by atoms with E-state index in [9.17, 15) is 26.4 Å². The van der Waals surface area contributed by atoms with Gasteiger partial charge in [0.25, 0.3) is 0 Å². The zero-order valence-corrected chi connectivity index (χ0v) is 16.3. The van der Waals surface area contributed by atoms with Crippen LogP contribution in [-0.2, 0) is 21.0 Å². The predicted molar refractivity (Wildman–Crippen MR) is 99.3 cm³/mol. The molecule has 156 valence electrons. The summed E-state index contributed by atoms with van der Waals surface area (Å²) in [6.07, 6.45) is -1.76. The fourth-order valence-electron chi connectivity index (χ4n) is 2.93. The number of carbonyl (C=O) groups is 1. The van der Waals surface area contributed by atoms with Crippen molar-refractivity contribution >= 4 is 22.0 Å². The zero-order chi connectivity index (χ0) is 21.2. The quantitative estimate of drug-likeness (QED) is 0.702. The van der Waals surface area contributed by atoms with E-state index < -0.39 is 26.7 Å². The summed E-state index contributed by atoms with van der Waals surface area (Å²) in [6, 6.07) is 7.14. The van der Waals surface area contributed by atoms with Crippen LogP contribution in [0.15, 0.2) is 51.8 Å². The third-order valence-corrected chi connectivity index (χ3v) is 6.40. The summed E-state index contributed by atoms with van der Waals surface area (Å²) < 4.78 is 70.4. The molecule has 1 aromatic heterocycles. The molecular weight excluding hydrogens is 409 g/mol. The van der Waals surface area contributed by atoms with Crippen LogP contribution in [0.4, 0.5) is 13.2 Å². The Labute approximate surface area is 166 Å². The summed E-state index contributed by atoms with van der Waals surface area (Å²) in [4.78, 5) is 13.3. The number of piperazine rings is 1. The van der Waals surface area contributed by atoms with Gasteiger partial charge in [-0.3, -0.25) is 4.79 Å². The smallest absolute Gasteiger partial charge is 0.416 e. The van der Waals surface area contributed by atoms with Crippen LogP contribution in [0, 0.1) is 6.92 Å². The second-order valence-corrected chi connectivity index (χ2v) is 8.47. The highest BCUT2D eigenvalue weighted by Crippen LogP contribution is 2.31. The number of alkyl halides is 3. The molecule has 1 aliphatic heterocycles. The molecule has 2 heterocycles. The average Bonchev–Trinajstić information content (AvgIpc) is 3.11. The van der Waals surface area contributed by atoms with E-state index in [4.69, 9.17) is 4.42 Å². The number of hydrogen-bond acceptors (Lipinski definition) is 4. The van der Waals surface area contributed by atoms with E-state index in [1.165, 1.54) is 17.1 Å². The number of furan rings is 1. The number of halogens is 3. The van der Waals surface area contributed by atoms with Gasteiger partial charge in [0, 0.05) is 32.3 Å². The monoisotopic (exact) mass is 428 g/mol. The van der Waals surface area contributed by atoms with Crippen molar-refractivity contribution in [3.63, 3.8) is 0 Å². The fraction of sp³-hybridized carbons (Fsp3) is 0.316. The molecule has 6 nitrogen and oxygen atoms in total. The Morgan fingerprint density at radius 3 is 2.38 bits per heavy atom. The van der Waals surface area contributed by atoms with E-state index in [1.807, 2.05) is 0 Å². The van der Waals surface area contributed by atoms with E-state index in [0.29, 0.717) is 17.6 Å². The van der Waals surface area contributed by atoms with Gasteiger partial charge in [-0.1, -0.05) is 6.07 Å². The van der Waals surface area contributed by atoms with E-state index in [2.05, 4.69) is 0 Å². The molecule has 0 spiro atoms. The van der Waals surface area contributed by atoms with Gasteiger partial charge in [-0.15, -0.1) is 0 Å². The van der Waals surface area contributed by atoms with Gasteiger partial charge in [0.1, 0.15) is 11.5 Å². The summed E-state index contributed by atoms with van der Waals surface area (Å²) >= 11 is 0. The number of sulfonamides is 1. The van der Waals surface area contributed by atoms with Crippen molar-refractivity contribution in [1.82, 2.24) is 9.21 Å². The van der Waals surface area contributed by atoms with Gasteiger partial charge in [0.05, 0.1) is 10.5 Å². The van der Waals surface area contributed by atoms with Crippen LogP contribution in [0.1, 0.15) is 17.1 Å². The van der Waals surface area contributed by atoms with E-state index >= 15 is 0 Å². The number of rotatable bonds is 4. The Hall–Kier alpha value is -2.59. The third-order valence-electron chi connectivity index (χ3n) is 4.50. The Kier molecular flexibility index (Phi) is 5.85. The highest BCUT2D eigenvalue weighted by molar-refractivity contribution is 7.89. The molecule has 0 aliphatic carbocycles. The van der Waals surface area contributed by atoms with Crippen LogP contribution in [0.2, 0.25) is 0 Å². The van der Waals surface area contributed by atoms with E-state index in [-0.39, 0.29) is 32.1 Å². The van der Waals surface area contributed by atoms with Crippen LogP contribution in [-0.4, -0.2) is 49.7 Å². The molecule has 0 atom stereocenters. The lowest BCUT2D eigenvalue weighted by Crippen LogP contribution is -2.50. The molecule has 0 N–H and O–H groups in total. The molecule has 3 rings (SSSR count). The molecule has 1 fully saturated rings. The number of aryl methyl sites for hydroxylation is 1. The van der Waals surface area contributed by atoms with Crippen LogP contribution in [0.25, 0.3) is 6.08 Å². The van der Waals surface area contributed by atoms with Crippen molar-refractivity contribution in [1.29, 1.82) is 0 Å². The lowest BCUT2D eigenvalue weighted by molar-refractivity contribution is -0.137. The van der Waals surface area contributed by atoms with Gasteiger partial charge < -0.3 is 9.32 Å².